The Morgan fingerprint density at radius 3 is 2.65 bits per heavy atom. The molecule has 0 radical (unpaired) electrons. The van der Waals surface area contributed by atoms with Gasteiger partial charge in [-0.05, 0) is 36.8 Å². The van der Waals surface area contributed by atoms with Crippen molar-refractivity contribution in [1.29, 1.82) is 0 Å². The van der Waals surface area contributed by atoms with Crippen molar-refractivity contribution in [2.75, 3.05) is 7.11 Å². The zero-order valence-electron chi connectivity index (χ0n) is 11.4. The molecule has 0 aromatic heterocycles. The summed E-state index contributed by atoms with van der Waals surface area (Å²) < 4.78 is 6.11. The van der Waals surface area contributed by atoms with E-state index in [2.05, 4.69) is 21.2 Å². The summed E-state index contributed by atoms with van der Waals surface area (Å²) >= 11 is 3.49. The topological polar surface area (TPSA) is 38.3 Å². The number of nitrogens with one attached hydrogen (secondary N) is 1. The lowest BCUT2D eigenvalue weighted by Crippen LogP contribution is -2.26. The second-order valence-electron chi connectivity index (χ2n) is 4.45. The number of rotatable bonds is 4. The second kappa shape index (κ2) is 6.57. The molecule has 0 heterocycles. The van der Waals surface area contributed by atoms with Crippen molar-refractivity contribution >= 4 is 21.8 Å². The van der Waals surface area contributed by atoms with Gasteiger partial charge in [-0.15, -0.1) is 0 Å². The molecule has 0 aliphatic heterocycles. The van der Waals surface area contributed by atoms with E-state index in [-0.39, 0.29) is 11.9 Å². The van der Waals surface area contributed by atoms with E-state index in [0.717, 1.165) is 10.0 Å². The summed E-state index contributed by atoms with van der Waals surface area (Å²) in [5.41, 5.74) is 1.63. The molecule has 0 unspecified atom stereocenters. The number of hydrogen-bond acceptors (Lipinski definition) is 2. The third-order valence-corrected chi connectivity index (χ3v) is 3.77. The highest BCUT2D eigenvalue weighted by atomic mass is 79.9. The molecule has 4 heteroatoms. The lowest BCUT2D eigenvalue weighted by atomic mass is 10.1. The zero-order chi connectivity index (χ0) is 14.5. The predicted molar refractivity (Wildman–Crippen MR) is 83.0 cm³/mol. The van der Waals surface area contributed by atoms with Crippen LogP contribution in [-0.4, -0.2) is 13.0 Å². The largest absolute Gasteiger partial charge is 0.497 e. The van der Waals surface area contributed by atoms with E-state index in [0.29, 0.717) is 11.3 Å². The van der Waals surface area contributed by atoms with Gasteiger partial charge in [0, 0.05) is 10.0 Å². The van der Waals surface area contributed by atoms with E-state index in [4.69, 9.17) is 4.74 Å². The first-order valence-electron chi connectivity index (χ1n) is 6.31. The lowest BCUT2D eigenvalue weighted by molar-refractivity contribution is 0.0939. The number of carbonyl (C=O) groups excluding carboxylic acids is 1. The van der Waals surface area contributed by atoms with Gasteiger partial charge in [0.15, 0.2) is 0 Å². The highest BCUT2D eigenvalue weighted by molar-refractivity contribution is 9.10. The number of methoxy groups -OCH3 is 1. The maximum Gasteiger partial charge on any atom is 0.251 e. The predicted octanol–water partition coefficient (Wildman–Crippen LogP) is 3.95. The van der Waals surface area contributed by atoms with Crippen LogP contribution in [0.2, 0.25) is 0 Å². The Labute approximate surface area is 127 Å². The average Bonchev–Trinajstić information content (AvgIpc) is 2.47. The molecule has 0 spiro atoms. The number of benzene rings is 2. The van der Waals surface area contributed by atoms with Crippen LogP contribution in [0.3, 0.4) is 0 Å². The normalized spacial score (nSPS) is 11.8. The first-order valence-corrected chi connectivity index (χ1v) is 7.10. The fourth-order valence-electron chi connectivity index (χ4n) is 1.95. The van der Waals surface area contributed by atoms with E-state index in [1.807, 2.05) is 37.3 Å². The molecule has 20 heavy (non-hydrogen) atoms. The molecule has 0 saturated heterocycles. The number of halogens is 1. The standard InChI is InChI=1S/C16H16BrNO2/c1-11(14-8-3-4-9-15(14)17)18-16(19)12-6-5-7-13(10-12)20-2/h3-11H,1-2H3,(H,18,19)/t11-/m0/s1. The van der Waals surface area contributed by atoms with E-state index in [1.54, 1.807) is 25.3 Å². The highest BCUT2D eigenvalue weighted by Crippen LogP contribution is 2.23. The fraction of sp³-hybridized carbons (Fsp3) is 0.188. The van der Waals surface area contributed by atoms with Crippen molar-refractivity contribution in [2.24, 2.45) is 0 Å². The lowest BCUT2D eigenvalue weighted by Gasteiger charge is -2.16. The Hall–Kier alpha value is -1.81. The van der Waals surface area contributed by atoms with Crippen LogP contribution in [0.4, 0.5) is 0 Å². The molecule has 1 atom stereocenters. The highest BCUT2D eigenvalue weighted by Gasteiger charge is 2.13. The van der Waals surface area contributed by atoms with Crippen molar-refractivity contribution in [3.05, 3.63) is 64.1 Å². The molecule has 1 N–H and O–H groups in total. The van der Waals surface area contributed by atoms with E-state index in [9.17, 15) is 4.79 Å². The molecule has 2 aromatic rings. The van der Waals surface area contributed by atoms with E-state index < -0.39 is 0 Å². The van der Waals surface area contributed by atoms with E-state index in [1.165, 1.54) is 0 Å². The third kappa shape index (κ3) is 3.39. The third-order valence-electron chi connectivity index (χ3n) is 3.05. The molecule has 3 nitrogen and oxygen atoms in total. The van der Waals surface area contributed by atoms with Crippen LogP contribution in [0.25, 0.3) is 0 Å². The summed E-state index contributed by atoms with van der Waals surface area (Å²) in [6.07, 6.45) is 0. The Kier molecular flexibility index (Phi) is 4.79. The van der Waals surface area contributed by atoms with Gasteiger partial charge in [0.1, 0.15) is 5.75 Å². The smallest absolute Gasteiger partial charge is 0.251 e. The molecule has 1 amide bonds. The van der Waals surface area contributed by atoms with E-state index >= 15 is 0 Å². The van der Waals surface area contributed by atoms with Gasteiger partial charge < -0.3 is 10.1 Å². The Bertz CT molecular complexity index is 613. The molecule has 0 aliphatic rings. The molecular formula is C16H16BrNO2. The van der Waals surface area contributed by atoms with Crippen LogP contribution >= 0.6 is 15.9 Å². The van der Waals surface area contributed by atoms with Crippen molar-refractivity contribution in [2.45, 2.75) is 13.0 Å². The van der Waals surface area contributed by atoms with Gasteiger partial charge in [0.2, 0.25) is 0 Å². The Balaban J connectivity index is 2.13. The maximum absolute atomic E-state index is 12.2. The van der Waals surface area contributed by atoms with Gasteiger partial charge in [0.05, 0.1) is 13.2 Å². The van der Waals surface area contributed by atoms with Crippen molar-refractivity contribution in [1.82, 2.24) is 5.32 Å². The monoisotopic (exact) mass is 333 g/mol. The fourth-order valence-corrected chi connectivity index (χ4v) is 2.58. The van der Waals surface area contributed by atoms with Crippen molar-refractivity contribution in [3.63, 3.8) is 0 Å². The number of hydrogen-bond donors (Lipinski definition) is 1. The van der Waals surface area contributed by atoms with Gasteiger partial charge in [-0.25, -0.2) is 0 Å². The van der Waals surface area contributed by atoms with Crippen molar-refractivity contribution < 1.29 is 9.53 Å². The second-order valence-corrected chi connectivity index (χ2v) is 5.30. The molecule has 2 aromatic carbocycles. The summed E-state index contributed by atoms with van der Waals surface area (Å²) in [4.78, 5) is 12.2. The maximum atomic E-state index is 12.2. The number of ether oxygens (including phenoxy) is 1. The summed E-state index contributed by atoms with van der Waals surface area (Å²) in [5.74, 6) is 0.554. The average molecular weight is 334 g/mol. The molecule has 0 bridgehead atoms. The summed E-state index contributed by atoms with van der Waals surface area (Å²) in [6, 6.07) is 14.9. The van der Waals surface area contributed by atoms with Crippen LogP contribution in [0.5, 0.6) is 5.75 Å². The SMILES string of the molecule is COc1cccc(C(=O)N[C@@H](C)c2ccccc2Br)c1. The number of amides is 1. The minimum atomic E-state index is -0.118. The first-order chi connectivity index (χ1) is 9.61. The van der Waals surface area contributed by atoms with Gasteiger partial charge in [-0.1, -0.05) is 40.2 Å². The minimum absolute atomic E-state index is 0.0794. The van der Waals surface area contributed by atoms with Gasteiger partial charge in [-0.3, -0.25) is 4.79 Å². The zero-order valence-corrected chi connectivity index (χ0v) is 13.0. The Morgan fingerprint density at radius 1 is 1.20 bits per heavy atom. The van der Waals surface area contributed by atoms with Gasteiger partial charge >= 0.3 is 0 Å². The summed E-state index contributed by atoms with van der Waals surface area (Å²) in [6.45, 7) is 1.96. The summed E-state index contributed by atoms with van der Waals surface area (Å²) in [7, 11) is 1.58. The van der Waals surface area contributed by atoms with Crippen LogP contribution in [0, 0.1) is 0 Å². The summed E-state index contributed by atoms with van der Waals surface area (Å²) in [5, 5.41) is 2.98. The molecule has 0 aliphatic carbocycles. The molecular weight excluding hydrogens is 318 g/mol. The first kappa shape index (κ1) is 14.6. The van der Waals surface area contributed by atoms with Crippen LogP contribution in [-0.2, 0) is 0 Å². The molecule has 0 saturated carbocycles. The molecule has 2 rings (SSSR count). The van der Waals surface area contributed by atoms with Crippen LogP contribution < -0.4 is 10.1 Å². The van der Waals surface area contributed by atoms with Gasteiger partial charge in [0.25, 0.3) is 5.91 Å². The van der Waals surface area contributed by atoms with Gasteiger partial charge in [-0.2, -0.15) is 0 Å². The van der Waals surface area contributed by atoms with Crippen LogP contribution in [0.15, 0.2) is 53.0 Å². The molecule has 0 fully saturated rings. The Morgan fingerprint density at radius 2 is 1.95 bits per heavy atom. The molecule has 104 valence electrons. The van der Waals surface area contributed by atoms with Crippen molar-refractivity contribution in [3.8, 4) is 5.75 Å². The number of carbonyl (C=O) groups is 1. The minimum Gasteiger partial charge on any atom is -0.497 e. The quantitative estimate of drug-likeness (QED) is 0.919. The van der Waals surface area contributed by atoms with Crippen LogP contribution in [0.1, 0.15) is 28.9 Å².